The number of ether oxygens (including phenoxy) is 2. The zero-order valence-corrected chi connectivity index (χ0v) is 12.3. The van der Waals surface area contributed by atoms with E-state index in [1.54, 1.807) is 0 Å². The normalized spacial score (nSPS) is 12.1. The lowest BCUT2D eigenvalue weighted by atomic mass is 10.0. The average molecular weight is 279 g/mol. The van der Waals surface area contributed by atoms with E-state index in [0.717, 1.165) is 0 Å². The highest BCUT2D eigenvalue weighted by atomic mass is 16.6. The van der Waals surface area contributed by atoms with Crippen LogP contribution in [0.5, 0.6) is 0 Å². The summed E-state index contributed by atoms with van der Waals surface area (Å²) < 4.78 is 9.54. The third-order valence-corrected chi connectivity index (χ3v) is 2.78. The van der Waals surface area contributed by atoms with Gasteiger partial charge in [-0.15, -0.1) is 0 Å². The Morgan fingerprint density at radius 2 is 1.75 bits per heavy atom. The largest absolute Gasteiger partial charge is 0.451 e. The van der Waals surface area contributed by atoms with Gasteiger partial charge in [0, 0.05) is 12.8 Å². The number of rotatable bonds is 6. The maximum atomic E-state index is 11.8. The quantitative estimate of drug-likeness (QED) is 0.812. The molecule has 1 aromatic carbocycles. The predicted molar refractivity (Wildman–Crippen MR) is 76.6 cm³/mol. The molecule has 0 fully saturated rings. The maximum absolute atomic E-state index is 11.8. The molecule has 0 spiro atoms. The van der Waals surface area contributed by atoms with Crippen LogP contribution >= 0.6 is 0 Å². The Hall–Kier alpha value is -1.88. The molecule has 1 aromatic rings. The standard InChI is InChI=1S/C15H21NO4/c1-10(2)12-5-7-13(8-6-12)16-15(18)11(3)20-14(17)9-19-4/h5-8,10-11H,9H2,1-4H3,(H,16,18)/t11-/m0/s1. The van der Waals surface area contributed by atoms with Crippen molar-refractivity contribution in [2.75, 3.05) is 19.0 Å². The summed E-state index contributed by atoms with van der Waals surface area (Å²) in [4.78, 5) is 23.0. The van der Waals surface area contributed by atoms with Gasteiger partial charge in [0.2, 0.25) is 0 Å². The molecule has 0 radical (unpaired) electrons. The van der Waals surface area contributed by atoms with Crippen LogP contribution in [-0.2, 0) is 19.1 Å². The molecule has 20 heavy (non-hydrogen) atoms. The minimum Gasteiger partial charge on any atom is -0.451 e. The van der Waals surface area contributed by atoms with Crippen molar-refractivity contribution in [3.63, 3.8) is 0 Å². The highest BCUT2D eigenvalue weighted by Gasteiger charge is 2.17. The van der Waals surface area contributed by atoms with Gasteiger partial charge in [0.1, 0.15) is 6.61 Å². The van der Waals surface area contributed by atoms with E-state index < -0.39 is 12.1 Å². The Morgan fingerprint density at radius 3 is 2.25 bits per heavy atom. The number of nitrogens with one attached hydrogen (secondary N) is 1. The minimum atomic E-state index is -0.859. The Bertz CT molecular complexity index is 453. The van der Waals surface area contributed by atoms with E-state index >= 15 is 0 Å². The number of hydrogen-bond acceptors (Lipinski definition) is 4. The molecular formula is C15H21NO4. The number of carbonyl (C=O) groups is 2. The molecule has 0 heterocycles. The second kappa shape index (κ2) is 7.65. The van der Waals surface area contributed by atoms with E-state index in [2.05, 4.69) is 23.9 Å². The monoisotopic (exact) mass is 279 g/mol. The van der Waals surface area contributed by atoms with Gasteiger partial charge in [-0.25, -0.2) is 4.79 Å². The summed E-state index contributed by atoms with van der Waals surface area (Å²) in [5.74, 6) is -0.495. The number of anilines is 1. The van der Waals surface area contributed by atoms with Crippen LogP contribution in [0.15, 0.2) is 24.3 Å². The number of carbonyl (C=O) groups excluding carboxylic acids is 2. The zero-order chi connectivity index (χ0) is 15.1. The van der Waals surface area contributed by atoms with E-state index in [-0.39, 0.29) is 12.5 Å². The zero-order valence-electron chi connectivity index (χ0n) is 12.3. The first kappa shape index (κ1) is 16.2. The highest BCUT2D eigenvalue weighted by molar-refractivity contribution is 5.95. The Balaban J connectivity index is 2.54. The van der Waals surface area contributed by atoms with Crippen molar-refractivity contribution in [2.45, 2.75) is 32.8 Å². The molecule has 0 aliphatic carbocycles. The number of esters is 1. The Kier molecular flexibility index (Phi) is 6.18. The molecule has 110 valence electrons. The molecule has 0 saturated carbocycles. The molecule has 0 aromatic heterocycles. The predicted octanol–water partition coefficient (Wildman–Crippen LogP) is 2.33. The van der Waals surface area contributed by atoms with Crippen LogP contribution in [0.1, 0.15) is 32.3 Å². The van der Waals surface area contributed by atoms with Crippen molar-refractivity contribution in [1.29, 1.82) is 0 Å². The molecule has 5 nitrogen and oxygen atoms in total. The van der Waals surface area contributed by atoms with Crippen LogP contribution in [0.25, 0.3) is 0 Å². The van der Waals surface area contributed by atoms with Crippen LogP contribution in [0, 0.1) is 0 Å². The smallest absolute Gasteiger partial charge is 0.332 e. The molecule has 5 heteroatoms. The summed E-state index contributed by atoms with van der Waals surface area (Å²) in [5.41, 5.74) is 1.87. The first-order valence-electron chi connectivity index (χ1n) is 6.53. The number of hydrogen-bond donors (Lipinski definition) is 1. The first-order valence-corrected chi connectivity index (χ1v) is 6.53. The van der Waals surface area contributed by atoms with Gasteiger partial charge in [-0.1, -0.05) is 26.0 Å². The maximum Gasteiger partial charge on any atom is 0.332 e. The van der Waals surface area contributed by atoms with Crippen molar-refractivity contribution >= 4 is 17.6 Å². The fourth-order valence-electron chi connectivity index (χ4n) is 1.60. The Labute approximate surface area is 119 Å². The lowest BCUT2D eigenvalue weighted by Crippen LogP contribution is -2.31. The van der Waals surface area contributed by atoms with Gasteiger partial charge < -0.3 is 14.8 Å². The van der Waals surface area contributed by atoms with Gasteiger partial charge >= 0.3 is 5.97 Å². The van der Waals surface area contributed by atoms with Gasteiger partial charge in [-0.05, 0) is 30.5 Å². The van der Waals surface area contributed by atoms with Gasteiger partial charge in [0.05, 0.1) is 0 Å². The summed E-state index contributed by atoms with van der Waals surface area (Å²) in [6.07, 6.45) is -0.859. The average Bonchev–Trinajstić information content (AvgIpc) is 2.39. The molecular weight excluding hydrogens is 258 g/mol. The van der Waals surface area contributed by atoms with Crippen molar-refractivity contribution in [1.82, 2.24) is 0 Å². The first-order chi connectivity index (χ1) is 9.43. The van der Waals surface area contributed by atoms with E-state index in [1.807, 2.05) is 24.3 Å². The third-order valence-electron chi connectivity index (χ3n) is 2.78. The molecule has 0 bridgehead atoms. The molecule has 0 aliphatic rings. The van der Waals surface area contributed by atoms with Gasteiger partial charge in [-0.3, -0.25) is 4.79 Å². The molecule has 0 aliphatic heterocycles. The third kappa shape index (κ3) is 5.01. The Morgan fingerprint density at radius 1 is 1.15 bits per heavy atom. The number of methoxy groups -OCH3 is 1. The summed E-state index contributed by atoms with van der Waals surface area (Å²) in [6.45, 7) is 5.56. The minimum absolute atomic E-state index is 0.166. The van der Waals surface area contributed by atoms with E-state index in [9.17, 15) is 9.59 Å². The molecule has 1 N–H and O–H groups in total. The number of amides is 1. The van der Waals surface area contributed by atoms with E-state index in [4.69, 9.17) is 4.74 Å². The van der Waals surface area contributed by atoms with E-state index in [0.29, 0.717) is 11.6 Å². The van der Waals surface area contributed by atoms with Crippen LogP contribution in [0.4, 0.5) is 5.69 Å². The van der Waals surface area contributed by atoms with Gasteiger partial charge in [-0.2, -0.15) is 0 Å². The SMILES string of the molecule is COCC(=O)O[C@@H](C)C(=O)Nc1ccc(C(C)C)cc1. The van der Waals surface area contributed by atoms with Crippen LogP contribution in [0.3, 0.4) is 0 Å². The van der Waals surface area contributed by atoms with Gasteiger partial charge in [0.25, 0.3) is 5.91 Å². The van der Waals surface area contributed by atoms with Gasteiger partial charge in [0.15, 0.2) is 6.10 Å². The van der Waals surface area contributed by atoms with Crippen LogP contribution < -0.4 is 5.32 Å². The second-order valence-electron chi connectivity index (χ2n) is 4.83. The summed E-state index contributed by atoms with van der Waals surface area (Å²) in [5, 5.41) is 2.70. The number of benzene rings is 1. The summed E-state index contributed by atoms with van der Waals surface area (Å²) in [7, 11) is 1.39. The topological polar surface area (TPSA) is 64.6 Å². The van der Waals surface area contributed by atoms with Crippen molar-refractivity contribution < 1.29 is 19.1 Å². The highest BCUT2D eigenvalue weighted by Crippen LogP contribution is 2.17. The van der Waals surface area contributed by atoms with Crippen LogP contribution in [0.2, 0.25) is 0 Å². The lowest BCUT2D eigenvalue weighted by molar-refractivity contribution is -0.156. The van der Waals surface area contributed by atoms with Crippen molar-refractivity contribution in [3.8, 4) is 0 Å². The molecule has 0 unspecified atom stereocenters. The molecule has 1 rings (SSSR count). The van der Waals surface area contributed by atoms with Crippen molar-refractivity contribution in [2.24, 2.45) is 0 Å². The summed E-state index contributed by atoms with van der Waals surface area (Å²) in [6, 6.07) is 7.58. The molecule has 0 saturated heterocycles. The fraction of sp³-hybridized carbons (Fsp3) is 0.467. The lowest BCUT2D eigenvalue weighted by Gasteiger charge is -2.13. The fourth-order valence-corrected chi connectivity index (χ4v) is 1.60. The van der Waals surface area contributed by atoms with Crippen LogP contribution in [-0.4, -0.2) is 31.7 Å². The van der Waals surface area contributed by atoms with E-state index in [1.165, 1.54) is 19.6 Å². The molecule has 1 amide bonds. The van der Waals surface area contributed by atoms with Crippen molar-refractivity contribution in [3.05, 3.63) is 29.8 Å². The molecule has 1 atom stereocenters. The second-order valence-corrected chi connectivity index (χ2v) is 4.83. The summed E-state index contributed by atoms with van der Waals surface area (Å²) >= 11 is 0.